The lowest BCUT2D eigenvalue weighted by Crippen LogP contribution is -2.27. The largest absolute Gasteiger partial charge is 0.465 e. The van der Waals surface area contributed by atoms with E-state index in [1.54, 1.807) is 30.3 Å². The van der Waals surface area contributed by atoms with Crippen LogP contribution in [-0.4, -0.2) is 19.0 Å². The molecule has 0 bridgehead atoms. The Morgan fingerprint density at radius 1 is 1.06 bits per heavy atom. The molecule has 3 aromatic rings. The van der Waals surface area contributed by atoms with Gasteiger partial charge in [0.15, 0.2) is 0 Å². The molecule has 0 aliphatic rings. The highest BCUT2D eigenvalue weighted by molar-refractivity contribution is 7.12. The number of carbonyl (C=O) groups is 2. The van der Waals surface area contributed by atoms with E-state index in [1.807, 2.05) is 20.8 Å². The first-order valence-electron chi connectivity index (χ1n) is 10.3. The molecular formula is C25H24F3NO3S. The van der Waals surface area contributed by atoms with Gasteiger partial charge in [-0.25, -0.2) is 4.79 Å². The second kappa shape index (κ2) is 9.79. The van der Waals surface area contributed by atoms with Crippen LogP contribution in [0.3, 0.4) is 0 Å². The van der Waals surface area contributed by atoms with E-state index in [-0.39, 0.29) is 18.4 Å². The molecule has 0 unspecified atom stereocenters. The zero-order valence-electron chi connectivity index (χ0n) is 18.7. The van der Waals surface area contributed by atoms with Crippen molar-refractivity contribution in [3.05, 3.63) is 91.7 Å². The van der Waals surface area contributed by atoms with Crippen molar-refractivity contribution in [3.8, 4) is 0 Å². The van der Waals surface area contributed by atoms with Crippen LogP contribution in [0.1, 0.15) is 65.7 Å². The summed E-state index contributed by atoms with van der Waals surface area (Å²) in [6.07, 6.45) is -4.19. The molecule has 0 aliphatic carbocycles. The number of methoxy groups -OCH3 is 1. The fourth-order valence-corrected chi connectivity index (χ4v) is 4.75. The summed E-state index contributed by atoms with van der Waals surface area (Å²) in [6, 6.07) is 11.6. The van der Waals surface area contributed by atoms with Crippen LogP contribution in [0.2, 0.25) is 0 Å². The molecule has 0 saturated carbocycles. The predicted octanol–water partition coefficient (Wildman–Crippen LogP) is 6.25. The SMILES string of the molecule is COC(=O)c1ccc([C@H](C)NC(=O)c2c(C)sc(C)c2Cc2cccc(C(F)(F)F)c2)cc1. The first kappa shape index (κ1) is 24.5. The fourth-order valence-electron chi connectivity index (χ4n) is 3.68. The maximum atomic E-state index is 13.2. The van der Waals surface area contributed by atoms with Gasteiger partial charge < -0.3 is 10.1 Å². The molecule has 4 nitrogen and oxygen atoms in total. The molecule has 0 spiro atoms. The molecule has 0 radical (unpaired) electrons. The minimum atomic E-state index is -4.42. The lowest BCUT2D eigenvalue weighted by molar-refractivity contribution is -0.137. The zero-order chi connectivity index (χ0) is 24.3. The Bertz CT molecular complexity index is 1170. The molecule has 1 heterocycles. The van der Waals surface area contributed by atoms with Crippen molar-refractivity contribution in [1.29, 1.82) is 0 Å². The van der Waals surface area contributed by atoms with Crippen LogP contribution in [0.15, 0.2) is 48.5 Å². The standard InChI is InChI=1S/C25H24F3NO3S/c1-14(18-8-10-19(11-9-18)24(31)32-4)29-23(30)22-16(3)33-15(2)21(22)13-17-6-5-7-20(12-17)25(26,27)28/h5-12,14H,13H2,1-4H3,(H,29,30)/t14-/m0/s1. The number of thiophene rings is 1. The Morgan fingerprint density at radius 3 is 2.33 bits per heavy atom. The average molecular weight is 476 g/mol. The van der Waals surface area contributed by atoms with E-state index in [9.17, 15) is 22.8 Å². The molecule has 0 fully saturated rings. The summed E-state index contributed by atoms with van der Waals surface area (Å²) in [5, 5.41) is 2.96. The molecule has 1 atom stereocenters. The second-order valence-corrected chi connectivity index (χ2v) is 9.18. The highest BCUT2D eigenvalue weighted by atomic mass is 32.1. The molecule has 33 heavy (non-hydrogen) atoms. The third-order valence-corrected chi connectivity index (χ3v) is 6.49. The van der Waals surface area contributed by atoms with Crippen LogP contribution in [0.25, 0.3) is 0 Å². The van der Waals surface area contributed by atoms with Crippen molar-refractivity contribution in [3.63, 3.8) is 0 Å². The summed E-state index contributed by atoms with van der Waals surface area (Å²) in [6.45, 7) is 5.52. The maximum Gasteiger partial charge on any atom is 0.416 e. The number of aryl methyl sites for hydroxylation is 2. The van der Waals surface area contributed by atoms with Crippen molar-refractivity contribution in [2.24, 2.45) is 0 Å². The molecule has 1 N–H and O–H groups in total. The number of alkyl halides is 3. The highest BCUT2D eigenvalue weighted by Crippen LogP contribution is 2.33. The molecule has 2 aromatic carbocycles. The van der Waals surface area contributed by atoms with E-state index in [2.05, 4.69) is 5.32 Å². The van der Waals surface area contributed by atoms with E-state index in [4.69, 9.17) is 4.74 Å². The Morgan fingerprint density at radius 2 is 1.73 bits per heavy atom. The third kappa shape index (κ3) is 5.63. The van der Waals surface area contributed by atoms with E-state index in [1.165, 1.54) is 24.5 Å². The average Bonchev–Trinajstić information content (AvgIpc) is 3.05. The van der Waals surface area contributed by atoms with Crippen molar-refractivity contribution in [2.75, 3.05) is 7.11 Å². The quantitative estimate of drug-likeness (QED) is 0.429. The van der Waals surface area contributed by atoms with Gasteiger partial charge >= 0.3 is 12.1 Å². The summed E-state index contributed by atoms with van der Waals surface area (Å²) in [5.74, 6) is -0.731. The molecule has 3 rings (SSSR count). The molecule has 0 saturated heterocycles. The number of benzene rings is 2. The van der Waals surface area contributed by atoms with Crippen molar-refractivity contribution in [1.82, 2.24) is 5.32 Å². The summed E-state index contributed by atoms with van der Waals surface area (Å²) < 4.78 is 44.0. The van der Waals surface area contributed by atoms with Crippen LogP contribution in [-0.2, 0) is 17.3 Å². The van der Waals surface area contributed by atoms with E-state index in [0.717, 1.165) is 33.0 Å². The number of halogens is 3. The van der Waals surface area contributed by atoms with Gasteiger partial charge in [-0.2, -0.15) is 13.2 Å². The molecule has 8 heteroatoms. The molecule has 0 aliphatic heterocycles. The number of carbonyl (C=O) groups excluding carboxylic acids is 2. The fraction of sp³-hybridized carbons (Fsp3) is 0.280. The van der Waals surface area contributed by atoms with Crippen molar-refractivity contribution in [2.45, 2.75) is 39.4 Å². The van der Waals surface area contributed by atoms with E-state index in [0.29, 0.717) is 16.7 Å². The summed E-state index contributed by atoms with van der Waals surface area (Å²) in [4.78, 5) is 26.5. The van der Waals surface area contributed by atoms with Crippen LogP contribution in [0.5, 0.6) is 0 Å². The summed E-state index contributed by atoms with van der Waals surface area (Å²) >= 11 is 1.45. The molecule has 174 valence electrons. The lowest BCUT2D eigenvalue weighted by Gasteiger charge is -2.16. The van der Waals surface area contributed by atoms with Gasteiger partial charge in [-0.3, -0.25) is 4.79 Å². The second-order valence-electron chi connectivity index (χ2n) is 7.75. The Kier molecular flexibility index (Phi) is 7.27. The van der Waals surface area contributed by atoms with Gasteiger partial charge in [0.1, 0.15) is 0 Å². The van der Waals surface area contributed by atoms with Gasteiger partial charge in [-0.15, -0.1) is 11.3 Å². The van der Waals surface area contributed by atoms with Gasteiger partial charge in [0, 0.05) is 9.75 Å². The Balaban J connectivity index is 1.82. The lowest BCUT2D eigenvalue weighted by atomic mass is 9.98. The minimum absolute atomic E-state index is 0.227. The van der Waals surface area contributed by atoms with Gasteiger partial charge in [-0.1, -0.05) is 30.3 Å². The van der Waals surface area contributed by atoms with Crippen LogP contribution >= 0.6 is 11.3 Å². The first-order chi connectivity index (χ1) is 15.5. The van der Waals surface area contributed by atoms with Gasteiger partial charge in [0.05, 0.1) is 29.8 Å². The number of nitrogens with one attached hydrogen (secondary N) is 1. The predicted molar refractivity (Wildman–Crippen MR) is 122 cm³/mol. The molecule has 1 amide bonds. The van der Waals surface area contributed by atoms with Crippen molar-refractivity contribution < 1.29 is 27.5 Å². The number of esters is 1. The number of ether oxygens (including phenoxy) is 1. The first-order valence-corrected chi connectivity index (χ1v) is 11.1. The number of amides is 1. The summed E-state index contributed by atoms with van der Waals surface area (Å²) in [5.41, 5.74) is 2.22. The number of hydrogen-bond donors (Lipinski definition) is 1. The van der Waals surface area contributed by atoms with Crippen LogP contribution in [0.4, 0.5) is 13.2 Å². The number of rotatable bonds is 6. The topological polar surface area (TPSA) is 55.4 Å². The Hall–Kier alpha value is -3.13. The normalized spacial score (nSPS) is 12.3. The minimum Gasteiger partial charge on any atom is -0.465 e. The van der Waals surface area contributed by atoms with Gasteiger partial charge in [-0.05, 0) is 62.1 Å². The van der Waals surface area contributed by atoms with Crippen LogP contribution < -0.4 is 5.32 Å². The van der Waals surface area contributed by atoms with Crippen molar-refractivity contribution >= 4 is 23.2 Å². The van der Waals surface area contributed by atoms with Crippen LogP contribution in [0, 0.1) is 13.8 Å². The molecular weight excluding hydrogens is 451 g/mol. The van der Waals surface area contributed by atoms with Gasteiger partial charge in [0.2, 0.25) is 0 Å². The number of hydrogen-bond acceptors (Lipinski definition) is 4. The third-order valence-electron chi connectivity index (χ3n) is 5.43. The zero-order valence-corrected chi connectivity index (χ0v) is 19.5. The maximum absolute atomic E-state index is 13.2. The van der Waals surface area contributed by atoms with E-state index >= 15 is 0 Å². The van der Waals surface area contributed by atoms with Gasteiger partial charge in [0.25, 0.3) is 5.91 Å². The molecule has 1 aromatic heterocycles. The smallest absolute Gasteiger partial charge is 0.416 e. The summed E-state index contributed by atoms with van der Waals surface area (Å²) in [7, 11) is 1.31. The van der Waals surface area contributed by atoms with E-state index < -0.39 is 17.7 Å². The monoisotopic (exact) mass is 475 g/mol. The Labute approximate surface area is 194 Å². The highest BCUT2D eigenvalue weighted by Gasteiger charge is 2.30.